The Hall–Kier alpha value is -0.900. The van der Waals surface area contributed by atoms with Gasteiger partial charge in [-0.25, -0.2) is 4.39 Å². The average molecular weight is 301 g/mol. The number of halogens is 2. The largest absolute Gasteiger partial charge is 0.481 e. The summed E-state index contributed by atoms with van der Waals surface area (Å²) in [7, 11) is 0. The molecule has 0 aromatic heterocycles. The summed E-state index contributed by atoms with van der Waals surface area (Å²) in [5.74, 6) is -0.868. The van der Waals surface area contributed by atoms with Gasteiger partial charge in [0, 0.05) is 0 Å². The van der Waals surface area contributed by atoms with Crippen LogP contribution in [-0.2, 0) is 4.79 Å². The van der Waals surface area contributed by atoms with Gasteiger partial charge in [0.15, 0.2) is 0 Å². The molecular weight excluding hydrogens is 287 g/mol. The molecule has 92 valence electrons. The first-order valence-corrected chi connectivity index (χ1v) is 6.55. The number of carbonyl (C=O) groups is 1. The van der Waals surface area contributed by atoms with Gasteiger partial charge in [0.05, 0.1) is 10.4 Å². The molecule has 1 fully saturated rings. The first kappa shape index (κ1) is 12.6. The summed E-state index contributed by atoms with van der Waals surface area (Å²) < 4.78 is 13.9. The second kappa shape index (κ2) is 5.17. The van der Waals surface area contributed by atoms with Crippen LogP contribution in [0.5, 0.6) is 0 Å². The number of rotatable bonds is 2. The molecule has 1 aliphatic rings. The van der Waals surface area contributed by atoms with Crippen LogP contribution in [-0.4, -0.2) is 11.1 Å². The van der Waals surface area contributed by atoms with E-state index in [0.717, 1.165) is 18.4 Å². The monoisotopic (exact) mass is 300 g/mol. The molecule has 0 aliphatic heterocycles. The zero-order valence-corrected chi connectivity index (χ0v) is 10.9. The maximum atomic E-state index is 13.4. The summed E-state index contributed by atoms with van der Waals surface area (Å²) in [6.45, 7) is 0. The molecule has 0 bridgehead atoms. The van der Waals surface area contributed by atoms with Gasteiger partial charge < -0.3 is 5.11 Å². The third kappa shape index (κ3) is 2.86. The lowest BCUT2D eigenvalue weighted by atomic mass is 9.79. The summed E-state index contributed by atoms with van der Waals surface area (Å²) >= 11 is 3.13. The second-order valence-electron chi connectivity index (χ2n) is 4.56. The maximum Gasteiger partial charge on any atom is 0.306 e. The van der Waals surface area contributed by atoms with Crippen LogP contribution in [0.25, 0.3) is 0 Å². The Morgan fingerprint density at radius 3 is 2.47 bits per heavy atom. The summed E-state index contributed by atoms with van der Waals surface area (Å²) in [5, 5.41) is 8.91. The lowest BCUT2D eigenvalue weighted by molar-refractivity contribution is -0.142. The van der Waals surface area contributed by atoms with Crippen molar-refractivity contribution in [3.8, 4) is 0 Å². The quantitative estimate of drug-likeness (QED) is 0.898. The van der Waals surface area contributed by atoms with Crippen LogP contribution in [0.15, 0.2) is 22.7 Å². The van der Waals surface area contributed by atoms with Crippen molar-refractivity contribution in [3.05, 3.63) is 34.1 Å². The molecule has 0 radical (unpaired) electrons. The van der Waals surface area contributed by atoms with Crippen molar-refractivity contribution in [1.82, 2.24) is 0 Å². The van der Waals surface area contributed by atoms with Crippen LogP contribution in [0.1, 0.15) is 37.2 Å². The van der Waals surface area contributed by atoms with Crippen LogP contribution in [0.4, 0.5) is 4.39 Å². The van der Waals surface area contributed by atoms with Gasteiger partial charge in [-0.1, -0.05) is 6.07 Å². The molecule has 1 saturated carbocycles. The van der Waals surface area contributed by atoms with Crippen molar-refractivity contribution in [2.24, 2.45) is 5.92 Å². The van der Waals surface area contributed by atoms with Crippen molar-refractivity contribution in [2.45, 2.75) is 31.6 Å². The number of benzene rings is 1. The number of carboxylic acid groups (broad SMARTS) is 1. The molecule has 0 amide bonds. The van der Waals surface area contributed by atoms with Crippen molar-refractivity contribution >= 4 is 21.9 Å². The molecule has 0 unspecified atom stereocenters. The number of hydrogen-bond acceptors (Lipinski definition) is 1. The van der Waals surface area contributed by atoms with E-state index < -0.39 is 5.97 Å². The fourth-order valence-corrected chi connectivity index (χ4v) is 2.69. The number of hydrogen-bond donors (Lipinski definition) is 1. The highest BCUT2D eigenvalue weighted by Gasteiger charge is 2.26. The van der Waals surface area contributed by atoms with E-state index in [9.17, 15) is 9.18 Å². The fraction of sp³-hybridized carbons (Fsp3) is 0.462. The molecule has 1 aromatic rings. The third-order valence-electron chi connectivity index (χ3n) is 3.49. The van der Waals surface area contributed by atoms with Gasteiger partial charge in [-0.05, 0) is 65.2 Å². The molecule has 0 atom stereocenters. The Labute approximate surface area is 108 Å². The smallest absolute Gasteiger partial charge is 0.306 e. The molecule has 4 heteroatoms. The molecule has 17 heavy (non-hydrogen) atoms. The van der Waals surface area contributed by atoms with E-state index in [1.54, 1.807) is 12.1 Å². The highest BCUT2D eigenvalue weighted by Crippen LogP contribution is 2.36. The van der Waals surface area contributed by atoms with Crippen LogP contribution >= 0.6 is 15.9 Å². The fourth-order valence-electron chi connectivity index (χ4n) is 2.44. The predicted octanol–water partition coefficient (Wildman–Crippen LogP) is 3.95. The van der Waals surface area contributed by atoms with E-state index in [1.165, 1.54) is 0 Å². The predicted molar refractivity (Wildman–Crippen MR) is 66.4 cm³/mol. The van der Waals surface area contributed by atoms with Gasteiger partial charge in [0.2, 0.25) is 0 Å². The minimum absolute atomic E-state index is 0.216. The van der Waals surface area contributed by atoms with Gasteiger partial charge in [-0.15, -0.1) is 0 Å². The molecule has 0 heterocycles. The number of aliphatic carboxylic acids is 1. The zero-order chi connectivity index (χ0) is 12.4. The summed E-state index contributed by atoms with van der Waals surface area (Å²) in [6.07, 6.45) is 3.05. The van der Waals surface area contributed by atoms with Crippen LogP contribution in [0.2, 0.25) is 0 Å². The van der Waals surface area contributed by atoms with Gasteiger partial charge in [-0.3, -0.25) is 4.79 Å². The summed E-state index contributed by atoms with van der Waals surface area (Å²) in [5.41, 5.74) is 0.981. The summed E-state index contributed by atoms with van der Waals surface area (Å²) in [6, 6.07) is 5.18. The summed E-state index contributed by atoms with van der Waals surface area (Å²) in [4.78, 5) is 10.8. The molecular formula is C13H14BrFO2. The van der Waals surface area contributed by atoms with Gasteiger partial charge >= 0.3 is 5.97 Å². The van der Waals surface area contributed by atoms with Gasteiger partial charge in [0.1, 0.15) is 5.82 Å². The minimum atomic E-state index is -0.703. The number of carboxylic acids is 1. The molecule has 1 aromatic carbocycles. The van der Waals surface area contributed by atoms with E-state index in [2.05, 4.69) is 15.9 Å². The lowest BCUT2D eigenvalue weighted by Gasteiger charge is -2.26. The normalized spacial score (nSPS) is 24.6. The van der Waals surface area contributed by atoms with Crippen molar-refractivity contribution < 1.29 is 14.3 Å². The molecule has 2 nitrogen and oxygen atoms in total. The van der Waals surface area contributed by atoms with Crippen molar-refractivity contribution in [2.75, 3.05) is 0 Å². The first-order chi connectivity index (χ1) is 8.08. The van der Waals surface area contributed by atoms with E-state index in [-0.39, 0.29) is 11.7 Å². The minimum Gasteiger partial charge on any atom is -0.481 e. The molecule has 2 rings (SSSR count). The highest BCUT2D eigenvalue weighted by molar-refractivity contribution is 9.10. The van der Waals surface area contributed by atoms with Crippen LogP contribution in [0, 0.1) is 11.7 Å². The topological polar surface area (TPSA) is 37.3 Å². The van der Waals surface area contributed by atoms with E-state index >= 15 is 0 Å². The standard InChI is InChI=1S/C13H14BrFO2/c14-11-6-5-10(7-12(11)15)8-1-3-9(4-2-8)13(16)17/h5-9H,1-4H2,(H,16,17). The van der Waals surface area contributed by atoms with E-state index in [4.69, 9.17) is 5.11 Å². The Balaban J connectivity index is 2.05. The maximum absolute atomic E-state index is 13.4. The van der Waals surface area contributed by atoms with E-state index in [1.807, 2.05) is 6.07 Å². The molecule has 0 saturated heterocycles. The Morgan fingerprint density at radius 1 is 1.29 bits per heavy atom. The second-order valence-corrected chi connectivity index (χ2v) is 5.41. The SMILES string of the molecule is O=C(O)C1CCC(c2ccc(Br)c(F)c2)CC1. The van der Waals surface area contributed by atoms with Crippen LogP contribution in [0.3, 0.4) is 0 Å². The van der Waals surface area contributed by atoms with Crippen LogP contribution < -0.4 is 0 Å². The highest BCUT2D eigenvalue weighted by atomic mass is 79.9. The Bertz CT molecular complexity index is 425. The Morgan fingerprint density at radius 2 is 1.94 bits per heavy atom. The average Bonchev–Trinajstić information content (AvgIpc) is 2.33. The molecule has 1 N–H and O–H groups in total. The molecule has 0 spiro atoms. The lowest BCUT2D eigenvalue weighted by Crippen LogP contribution is -2.20. The molecule has 1 aliphatic carbocycles. The van der Waals surface area contributed by atoms with Gasteiger partial charge in [0.25, 0.3) is 0 Å². The first-order valence-electron chi connectivity index (χ1n) is 5.75. The van der Waals surface area contributed by atoms with Crippen molar-refractivity contribution in [1.29, 1.82) is 0 Å². The van der Waals surface area contributed by atoms with E-state index in [0.29, 0.717) is 23.2 Å². The third-order valence-corrected chi connectivity index (χ3v) is 4.13. The Kier molecular flexibility index (Phi) is 3.82. The van der Waals surface area contributed by atoms with Crippen molar-refractivity contribution in [3.63, 3.8) is 0 Å². The van der Waals surface area contributed by atoms with Gasteiger partial charge in [-0.2, -0.15) is 0 Å². The zero-order valence-electron chi connectivity index (χ0n) is 9.33.